The monoisotopic (exact) mass is 389 g/mol. The van der Waals surface area contributed by atoms with Crippen molar-refractivity contribution in [2.45, 2.75) is 52.7 Å². The summed E-state index contributed by atoms with van der Waals surface area (Å²) in [4.78, 5) is 38.7. The maximum Gasteiger partial charge on any atom is 0.410 e. The molecule has 2 rings (SSSR count). The molecule has 1 heterocycles. The number of carbonyl (C=O) groups is 3. The van der Waals surface area contributed by atoms with Crippen LogP contribution in [-0.2, 0) is 25.7 Å². The van der Waals surface area contributed by atoms with E-state index in [1.165, 1.54) is 0 Å². The van der Waals surface area contributed by atoms with Crippen molar-refractivity contribution in [1.82, 2.24) is 4.90 Å². The molecule has 1 saturated heterocycles. The van der Waals surface area contributed by atoms with Crippen LogP contribution >= 0.6 is 0 Å². The van der Waals surface area contributed by atoms with Gasteiger partial charge in [-0.05, 0) is 46.1 Å². The molecule has 1 atom stereocenters. The molecule has 1 amide bonds. The van der Waals surface area contributed by atoms with Crippen LogP contribution in [0.4, 0.5) is 4.79 Å². The van der Waals surface area contributed by atoms with E-state index in [0.29, 0.717) is 32.5 Å². The molecule has 0 N–H and O–H groups in total. The SMILES string of the molecule is C[C@@H](C(=O)COCc1ccccc1)C(=O)C1CCN(C(=O)OC(C)(C)C)CC1. The Labute approximate surface area is 167 Å². The predicted octanol–water partition coefficient (Wildman–Crippen LogP) is 3.62. The van der Waals surface area contributed by atoms with E-state index in [4.69, 9.17) is 9.47 Å². The third kappa shape index (κ3) is 6.75. The van der Waals surface area contributed by atoms with Crippen LogP contribution < -0.4 is 0 Å². The van der Waals surface area contributed by atoms with Gasteiger partial charge < -0.3 is 14.4 Å². The van der Waals surface area contributed by atoms with E-state index in [0.717, 1.165) is 5.56 Å². The van der Waals surface area contributed by atoms with Gasteiger partial charge in [-0.2, -0.15) is 0 Å². The fraction of sp³-hybridized carbons (Fsp3) is 0.591. The number of ketones is 2. The van der Waals surface area contributed by atoms with Gasteiger partial charge in [0, 0.05) is 19.0 Å². The molecule has 0 spiro atoms. The molecule has 0 aliphatic carbocycles. The molecule has 1 aliphatic rings. The summed E-state index contributed by atoms with van der Waals surface area (Å²) in [5, 5.41) is 0. The summed E-state index contributed by atoms with van der Waals surface area (Å²) in [7, 11) is 0. The zero-order chi connectivity index (χ0) is 20.7. The quantitative estimate of drug-likeness (QED) is 0.666. The first kappa shape index (κ1) is 22.1. The van der Waals surface area contributed by atoms with Gasteiger partial charge in [-0.1, -0.05) is 30.3 Å². The van der Waals surface area contributed by atoms with Crippen molar-refractivity contribution in [1.29, 1.82) is 0 Å². The third-order valence-electron chi connectivity index (χ3n) is 4.81. The van der Waals surface area contributed by atoms with Gasteiger partial charge in [0.15, 0.2) is 5.78 Å². The molecule has 1 aliphatic heterocycles. The average Bonchev–Trinajstić information content (AvgIpc) is 2.66. The van der Waals surface area contributed by atoms with Crippen molar-refractivity contribution in [3.63, 3.8) is 0 Å². The van der Waals surface area contributed by atoms with E-state index in [1.807, 2.05) is 51.1 Å². The van der Waals surface area contributed by atoms with Gasteiger partial charge in [-0.3, -0.25) is 9.59 Å². The number of rotatable bonds is 7. The molecule has 0 unspecified atom stereocenters. The zero-order valence-electron chi connectivity index (χ0n) is 17.3. The van der Waals surface area contributed by atoms with Gasteiger partial charge in [-0.15, -0.1) is 0 Å². The molecule has 0 aromatic heterocycles. The van der Waals surface area contributed by atoms with Crippen LogP contribution in [0.2, 0.25) is 0 Å². The number of likely N-dealkylation sites (tertiary alicyclic amines) is 1. The number of benzene rings is 1. The van der Waals surface area contributed by atoms with Crippen LogP contribution in [0.25, 0.3) is 0 Å². The molecule has 1 fully saturated rings. The first-order chi connectivity index (χ1) is 13.2. The highest BCUT2D eigenvalue weighted by Gasteiger charge is 2.33. The number of piperidine rings is 1. The van der Waals surface area contributed by atoms with E-state index in [2.05, 4.69) is 0 Å². The molecular formula is C22H31NO5. The first-order valence-electron chi connectivity index (χ1n) is 9.83. The summed E-state index contributed by atoms with van der Waals surface area (Å²) in [6.07, 6.45) is 0.762. The van der Waals surface area contributed by atoms with Crippen LogP contribution in [0, 0.1) is 11.8 Å². The normalized spacial score (nSPS) is 16.5. The van der Waals surface area contributed by atoms with Crippen molar-refractivity contribution in [3.8, 4) is 0 Å². The number of ether oxygens (including phenoxy) is 2. The van der Waals surface area contributed by atoms with Crippen LogP contribution in [-0.4, -0.2) is 47.9 Å². The first-order valence-corrected chi connectivity index (χ1v) is 9.83. The smallest absolute Gasteiger partial charge is 0.410 e. The van der Waals surface area contributed by atoms with Crippen LogP contribution in [0.1, 0.15) is 46.1 Å². The molecular weight excluding hydrogens is 358 g/mol. The highest BCUT2D eigenvalue weighted by atomic mass is 16.6. The molecule has 154 valence electrons. The third-order valence-corrected chi connectivity index (χ3v) is 4.81. The molecule has 1 aromatic rings. The zero-order valence-corrected chi connectivity index (χ0v) is 17.3. The van der Waals surface area contributed by atoms with Crippen molar-refractivity contribution >= 4 is 17.7 Å². The largest absolute Gasteiger partial charge is 0.444 e. The highest BCUT2D eigenvalue weighted by molar-refractivity contribution is 6.03. The molecule has 28 heavy (non-hydrogen) atoms. The predicted molar refractivity (Wildman–Crippen MR) is 106 cm³/mol. The topological polar surface area (TPSA) is 72.9 Å². The number of hydrogen-bond acceptors (Lipinski definition) is 5. The minimum atomic E-state index is -0.686. The number of hydrogen-bond donors (Lipinski definition) is 0. The van der Waals surface area contributed by atoms with Gasteiger partial charge in [0.25, 0.3) is 0 Å². The summed E-state index contributed by atoms with van der Waals surface area (Å²) in [6.45, 7) is 8.35. The minimum Gasteiger partial charge on any atom is -0.444 e. The Hall–Kier alpha value is -2.21. The van der Waals surface area contributed by atoms with Crippen molar-refractivity contribution in [2.75, 3.05) is 19.7 Å². The second-order valence-electron chi connectivity index (χ2n) is 8.31. The Morgan fingerprint density at radius 3 is 2.29 bits per heavy atom. The molecule has 6 nitrogen and oxygen atoms in total. The Bertz CT molecular complexity index is 672. The average molecular weight is 389 g/mol. The number of nitrogens with zero attached hydrogens (tertiary/aromatic N) is 1. The second kappa shape index (κ2) is 9.82. The van der Waals surface area contributed by atoms with Crippen molar-refractivity contribution < 1.29 is 23.9 Å². The maximum atomic E-state index is 12.7. The van der Waals surface area contributed by atoms with E-state index >= 15 is 0 Å². The van der Waals surface area contributed by atoms with Gasteiger partial charge in [0.05, 0.1) is 12.5 Å². The number of carbonyl (C=O) groups excluding carboxylic acids is 3. The van der Waals surface area contributed by atoms with Crippen molar-refractivity contribution in [2.24, 2.45) is 11.8 Å². The summed E-state index contributed by atoms with van der Waals surface area (Å²) in [5.41, 5.74) is 0.452. The Morgan fingerprint density at radius 2 is 1.71 bits per heavy atom. The van der Waals surface area contributed by atoms with E-state index in [1.54, 1.807) is 11.8 Å². The van der Waals surface area contributed by atoms with Gasteiger partial charge in [0.1, 0.15) is 18.0 Å². The van der Waals surface area contributed by atoms with E-state index in [-0.39, 0.29) is 30.2 Å². The lowest BCUT2D eigenvalue weighted by atomic mass is 9.85. The summed E-state index contributed by atoms with van der Waals surface area (Å²) < 4.78 is 10.8. The minimum absolute atomic E-state index is 0.0582. The lowest BCUT2D eigenvalue weighted by molar-refractivity contribution is -0.138. The fourth-order valence-corrected chi connectivity index (χ4v) is 3.15. The van der Waals surface area contributed by atoms with Crippen LogP contribution in [0.3, 0.4) is 0 Å². The van der Waals surface area contributed by atoms with E-state index < -0.39 is 11.5 Å². The molecule has 0 radical (unpaired) electrons. The summed E-state index contributed by atoms with van der Waals surface area (Å²) >= 11 is 0. The Balaban J connectivity index is 1.75. The highest BCUT2D eigenvalue weighted by Crippen LogP contribution is 2.23. The van der Waals surface area contributed by atoms with Crippen LogP contribution in [0.5, 0.6) is 0 Å². The number of amides is 1. The fourth-order valence-electron chi connectivity index (χ4n) is 3.15. The van der Waals surface area contributed by atoms with Gasteiger partial charge in [0.2, 0.25) is 0 Å². The Kier molecular flexibility index (Phi) is 7.75. The van der Waals surface area contributed by atoms with Gasteiger partial charge in [-0.25, -0.2) is 4.79 Å². The van der Waals surface area contributed by atoms with Gasteiger partial charge >= 0.3 is 6.09 Å². The Morgan fingerprint density at radius 1 is 1.11 bits per heavy atom. The summed E-state index contributed by atoms with van der Waals surface area (Å²) in [5.74, 6) is -1.15. The summed E-state index contributed by atoms with van der Waals surface area (Å²) in [6, 6.07) is 9.60. The van der Waals surface area contributed by atoms with Crippen LogP contribution in [0.15, 0.2) is 30.3 Å². The molecule has 0 saturated carbocycles. The number of Topliss-reactive ketones (excluding diaryl/α,β-unsaturated/α-hetero) is 2. The lowest BCUT2D eigenvalue weighted by Crippen LogP contribution is -2.44. The lowest BCUT2D eigenvalue weighted by Gasteiger charge is -2.33. The molecule has 0 bridgehead atoms. The second-order valence-corrected chi connectivity index (χ2v) is 8.31. The molecule has 6 heteroatoms. The standard InChI is InChI=1S/C22H31NO5/c1-16(19(24)15-27-14-17-8-6-5-7-9-17)20(25)18-10-12-23(13-11-18)21(26)28-22(2,3)4/h5-9,16,18H,10-15H2,1-4H3/t16-/m0/s1. The molecule has 1 aromatic carbocycles. The maximum absolute atomic E-state index is 12.7. The van der Waals surface area contributed by atoms with E-state index in [9.17, 15) is 14.4 Å². The van der Waals surface area contributed by atoms with Crippen molar-refractivity contribution in [3.05, 3.63) is 35.9 Å².